The lowest BCUT2D eigenvalue weighted by atomic mass is 9.43. The quantitative estimate of drug-likeness (QED) is 0.0414. The summed E-state index contributed by atoms with van der Waals surface area (Å²) in [6.45, 7) is 11.8. The van der Waals surface area contributed by atoms with Crippen molar-refractivity contribution < 1.29 is 33.4 Å². The second-order valence-electron chi connectivity index (χ2n) is 18.8. The third kappa shape index (κ3) is 13.3. The summed E-state index contributed by atoms with van der Waals surface area (Å²) in [5, 5.41) is 11.6. The first-order chi connectivity index (χ1) is 28.4. The lowest BCUT2D eigenvalue weighted by Gasteiger charge is -2.64. The number of alkyl carbamates (subject to hydrolysis) is 3. The van der Waals surface area contributed by atoms with Crippen LogP contribution in [0.3, 0.4) is 0 Å². The van der Waals surface area contributed by atoms with Gasteiger partial charge in [-0.3, -0.25) is 4.79 Å². The van der Waals surface area contributed by atoms with Gasteiger partial charge in [0.1, 0.15) is 18.3 Å². The third-order valence-corrected chi connectivity index (χ3v) is 15.1. The number of unbranched alkanes of at least 4 members (excludes halogenated alkanes) is 9. The number of hydrogen-bond donors (Lipinski definition) is 7. The third-order valence-electron chi connectivity index (χ3n) is 15.1. The molecule has 4 fully saturated rings. The van der Waals surface area contributed by atoms with Crippen LogP contribution in [0.1, 0.15) is 150 Å². The second kappa shape index (κ2) is 24.6. The van der Waals surface area contributed by atoms with Gasteiger partial charge in [-0.15, -0.1) is 0 Å². The van der Waals surface area contributed by atoms with Gasteiger partial charge in [-0.1, -0.05) is 85.5 Å². The van der Waals surface area contributed by atoms with E-state index < -0.39 is 23.7 Å². The minimum absolute atomic E-state index is 0.0451. The number of nitrogens with two attached hydrogens (primary N) is 3. The molecule has 11 atom stereocenters. The van der Waals surface area contributed by atoms with Crippen molar-refractivity contribution in [1.29, 1.82) is 0 Å². The van der Waals surface area contributed by atoms with E-state index in [-0.39, 0.29) is 65.1 Å². The molecule has 0 bridgehead atoms. The van der Waals surface area contributed by atoms with Crippen LogP contribution in [0.4, 0.5) is 14.4 Å². The lowest BCUT2D eigenvalue weighted by molar-refractivity contribution is -0.206. The van der Waals surface area contributed by atoms with Gasteiger partial charge in [0.25, 0.3) is 0 Å². The second-order valence-corrected chi connectivity index (χ2v) is 18.8. The van der Waals surface area contributed by atoms with Crippen LogP contribution in [0.2, 0.25) is 0 Å². The zero-order valence-electron chi connectivity index (χ0n) is 37.2. The van der Waals surface area contributed by atoms with Gasteiger partial charge in [-0.2, -0.15) is 0 Å². The Balaban J connectivity index is 1.47. The molecule has 0 aliphatic heterocycles. The van der Waals surface area contributed by atoms with E-state index in [1.54, 1.807) is 0 Å². The molecule has 0 aromatic heterocycles. The van der Waals surface area contributed by atoms with Crippen molar-refractivity contribution in [2.45, 2.75) is 168 Å². The highest BCUT2D eigenvalue weighted by Crippen LogP contribution is 2.69. The first kappa shape index (κ1) is 48.8. The van der Waals surface area contributed by atoms with Gasteiger partial charge in [-0.05, 0) is 92.8 Å². The average molecular weight is 834 g/mol. The molecule has 4 rings (SSSR count). The zero-order valence-corrected chi connectivity index (χ0v) is 37.2. The van der Waals surface area contributed by atoms with Crippen LogP contribution in [0.25, 0.3) is 0 Å². The molecule has 4 saturated carbocycles. The fraction of sp³-hybridized carbons (Fsp3) is 0.911. The summed E-state index contributed by atoms with van der Waals surface area (Å²) < 4.78 is 18.7. The molecule has 2 unspecified atom stereocenters. The number of fused-ring (bicyclic) bond motifs is 5. The molecule has 4 aliphatic rings. The fourth-order valence-electron chi connectivity index (χ4n) is 12.0. The minimum atomic E-state index is -0.472. The average Bonchev–Trinajstić information content (AvgIpc) is 3.58. The standard InChI is InChI=1S/C45H83N7O7/c1-5-6-7-8-9-10-11-12-13-14-24-49-39(53)18-15-31(2)34-16-17-35-40-36(30-38(45(34,35)4)59-43(56)52-27-23-48)44(3)20-19-33(57-41(54)50-25-21-46)28-32(44)29-37(40)58-42(55)51-26-22-47/h31-38,40H,5-30,46-48H2,1-4H3,(H,49,53)(H,50,54)(H,51,55)(H,52,56)/t31-,32?,33-,34-,35+,36+,37-,38+,40?,44+,45-/m1/s1. The Morgan fingerprint density at radius 2 is 1.24 bits per heavy atom. The number of rotatable bonds is 24. The van der Waals surface area contributed by atoms with Gasteiger partial charge >= 0.3 is 18.3 Å². The van der Waals surface area contributed by atoms with E-state index in [1.807, 2.05) is 0 Å². The van der Waals surface area contributed by atoms with Gasteiger partial charge in [-0.25, -0.2) is 14.4 Å². The fourth-order valence-corrected chi connectivity index (χ4v) is 12.0. The van der Waals surface area contributed by atoms with E-state index >= 15 is 0 Å². The molecule has 59 heavy (non-hydrogen) atoms. The van der Waals surface area contributed by atoms with Crippen LogP contribution >= 0.6 is 0 Å². The molecular formula is C45H83N7O7. The van der Waals surface area contributed by atoms with E-state index in [0.717, 1.165) is 51.5 Å². The van der Waals surface area contributed by atoms with E-state index in [1.165, 1.54) is 51.4 Å². The summed E-state index contributed by atoms with van der Waals surface area (Å²) >= 11 is 0. The molecule has 4 amide bonds. The van der Waals surface area contributed by atoms with Gasteiger partial charge in [0, 0.05) is 63.6 Å². The summed E-state index contributed by atoms with van der Waals surface area (Å²) in [7, 11) is 0. The van der Waals surface area contributed by atoms with Gasteiger partial charge in [0.2, 0.25) is 5.91 Å². The molecule has 0 aromatic carbocycles. The number of nitrogens with one attached hydrogen (secondary N) is 4. The monoisotopic (exact) mass is 834 g/mol. The SMILES string of the molecule is CCCCCCCCCCCCNC(=O)CC[C@@H](C)[C@H]1CC[C@H]2C3[C@H](OC(=O)NCCN)CC4C[C@H](OC(=O)NCCN)CC[C@]4(C)[C@H]3C[C@H](OC(=O)NCCN)[C@]12C. The highest BCUT2D eigenvalue weighted by molar-refractivity contribution is 5.75. The summed E-state index contributed by atoms with van der Waals surface area (Å²) in [6, 6.07) is 0. The summed E-state index contributed by atoms with van der Waals surface area (Å²) in [5.41, 5.74) is 16.5. The normalized spacial score (nSPS) is 31.4. The molecule has 0 saturated heterocycles. The molecule has 0 radical (unpaired) electrons. The Kier molecular flexibility index (Phi) is 20.3. The maximum Gasteiger partial charge on any atom is 0.407 e. The molecule has 0 aromatic rings. The maximum atomic E-state index is 13.4. The Hall–Kier alpha value is -2.84. The molecule has 340 valence electrons. The topological polar surface area (TPSA) is 222 Å². The van der Waals surface area contributed by atoms with Crippen molar-refractivity contribution in [1.82, 2.24) is 21.3 Å². The minimum Gasteiger partial charge on any atom is -0.446 e. The smallest absolute Gasteiger partial charge is 0.407 e. The van der Waals surface area contributed by atoms with Gasteiger partial charge < -0.3 is 52.7 Å². The van der Waals surface area contributed by atoms with E-state index in [0.29, 0.717) is 65.0 Å². The van der Waals surface area contributed by atoms with Crippen molar-refractivity contribution in [3.63, 3.8) is 0 Å². The van der Waals surface area contributed by atoms with Crippen molar-refractivity contribution >= 4 is 24.2 Å². The summed E-state index contributed by atoms with van der Waals surface area (Å²) in [6.07, 6.45) is 16.8. The van der Waals surface area contributed by atoms with E-state index in [4.69, 9.17) is 31.4 Å². The molecular weight excluding hydrogens is 751 g/mol. The van der Waals surface area contributed by atoms with E-state index in [2.05, 4.69) is 49.0 Å². The Labute approximate surface area is 355 Å². The number of ether oxygens (including phenoxy) is 3. The van der Waals surface area contributed by atoms with Crippen molar-refractivity contribution in [3.8, 4) is 0 Å². The zero-order chi connectivity index (χ0) is 42.8. The van der Waals surface area contributed by atoms with Crippen LogP contribution in [-0.4, -0.2) is 88.3 Å². The number of hydrogen-bond acceptors (Lipinski definition) is 10. The highest BCUT2D eigenvalue weighted by atomic mass is 16.6. The number of carbonyl (C=O) groups excluding carboxylic acids is 4. The molecule has 4 aliphatic carbocycles. The Morgan fingerprint density at radius 3 is 1.85 bits per heavy atom. The Morgan fingerprint density at radius 1 is 0.661 bits per heavy atom. The predicted octanol–water partition coefficient (Wildman–Crippen LogP) is 6.48. The van der Waals surface area contributed by atoms with Crippen LogP contribution in [-0.2, 0) is 19.0 Å². The van der Waals surface area contributed by atoms with Crippen molar-refractivity contribution in [2.75, 3.05) is 45.8 Å². The first-order valence-electron chi connectivity index (χ1n) is 23.6. The largest absolute Gasteiger partial charge is 0.446 e. The van der Waals surface area contributed by atoms with Crippen molar-refractivity contribution in [2.24, 2.45) is 63.5 Å². The maximum absolute atomic E-state index is 13.4. The molecule has 0 spiro atoms. The van der Waals surface area contributed by atoms with Crippen LogP contribution in [0.5, 0.6) is 0 Å². The predicted molar refractivity (Wildman–Crippen MR) is 231 cm³/mol. The number of amides is 4. The van der Waals surface area contributed by atoms with Gasteiger partial charge in [0.05, 0.1) is 0 Å². The molecule has 10 N–H and O–H groups in total. The Bertz CT molecular complexity index is 1310. The van der Waals surface area contributed by atoms with Crippen LogP contribution in [0.15, 0.2) is 0 Å². The molecule has 14 heteroatoms. The van der Waals surface area contributed by atoms with Crippen LogP contribution < -0.4 is 38.5 Å². The number of carbonyl (C=O) groups is 4. The first-order valence-corrected chi connectivity index (χ1v) is 23.6. The molecule has 14 nitrogen and oxygen atoms in total. The van der Waals surface area contributed by atoms with E-state index in [9.17, 15) is 19.2 Å². The van der Waals surface area contributed by atoms with Crippen molar-refractivity contribution in [3.05, 3.63) is 0 Å². The molecule has 0 heterocycles. The lowest BCUT2D eigenvalue weighted by Crippen LogP contribution is -2.64. The summed E-state index contributed by atoms with van der Waals surface area (Å²) in [5.74, 6) is 0.879. The van der Waals surface area contributed by atoms with Crippen LogP contribution in [0, 0.1) is 46.3 Å². The summed E-state index contributed by atoms with van der Waals surface area (Å²) in [4.78, 5) is 52.4. The van der Waals surface area contributed by atoms with Gasteiger partial charge in [0.15, 0.2) is 0 Å². The highest BCUT2D eigenvalue weighted by Gasteiger charge is 2.68.